The first-order valence-corrected chi connectivity index (χ1v) is 11.2. The molecule has 0 atom stereocenters. The maximum absolute atomic E-state index is 13.6. The lowest BCUT2D eigenvalue weighted by molar-refractivity contribution is -0.116. The van der Waals surface area contributed by atoms with E-state index in [0.29, 0.717) is 24.5 Å². The Bertz CT molecular complexity index is 1420. The smallest absolute Gasteiger partial charge is 0.267 e. The molecule has 1 amide bonds. The number of carbonyl (C=O) groups excluding carboxylic acids is 1. The lowest BCUT2D eigenvalue weighted by atomic mass is 10.1. The van der Waals surface area contributed by atoms with Crippen LogP contribution in [0.1, 0.15) is 12.0 Å². The van der Waals surface area contributed by atoms with Crippen molar-refractivity contribution in [3.8, 4) is 22.6 Å². The van der Waals surface area contributed by atoms with Gasteiger partial charge in [-0.15, -0.1) is 0 Å². The molecule has 0 aliphatic carbocycles. The molecule has 10 heteroatoms. The molecule has 0 saturated heterocycles. The third kappa shape index (κ3) is 6.42. The van der Waals surface area contributed by atoms with Gasteiger partial charge in [-0.1, -0.05) is 18.2 Å². The number of amides is 1. The van der Waals surface area contributed by atoms with E-state index in [9.17, 15) is 18.4 Å². The third-order valence-corrected chi connectivity index (χ3v) is 5.26. The number of benzene rings is 2. The maximum Gasteiger partial charge on any atom is 0.267 e. The first-order valence-electron chi connectivity index (χ1n) is 11.2. The molecule has 8 nitrogen and oxygen atoms in total. The van der Waals surface area contributed by atoms with Gasteiger partial charge in [-0.3, -0.25) is 9.59 Å². The highest BCUT2D eigenvalue weighted by atomic mass is 19.1. The molecule has 36 heavy (non-hydrogen) atoms. The van der Waals surface area contributed by atoms with Crippen molar-refractivity contribution < 1.29 is 13.6 Å². The van der Waals surface area contributed by atoms with E-state index in [1.54, 1.807) is 0 Å². The van der Waals surface area contributed by atoms with Crippen LogP contribution in [0.2, 0.25) is 0 Å². The molecule has 184 valence electrons. The van der Waals surface area contributed by atoms with Crippen LogP contribution in [-0.2, 0) is 11.3 Å². The van der Waals surface area contributed by atoms with Crippen LogP contribution >= 0.6 is 0 Å². The molecular weight excluding hydrogens is 466 g/mol. The second kappa shape index (κ2) is 11.0. The normalized spacial score (nSPS) is 11.0. The molecule has 0 unspecified atom stereocenters. The average molecular weight is 491 g/mol. The van der Waals surface area contributed by atoms with Crippen LogP contribution in [0.5, 0.6) is 0 Å². The summed E-state index contributed by atoms with van der Waals surface area (Å²) in [5, 5.41) is 7.05. The Kier molecular flexibility index (Phi) is 7.55. The van der Waals surface area contributed by atoms with Gasteiger partial charge >= 0.3 is 0 Å². The van der Waals surface area contributed by atoms with Gasteiger partial charge < -0.3 is 10.2 Å². The largest absolute Gasteiger partial charge is 0.323 e. The fourth-order valence-electron chi connectivity index (χ4n) is 3.49. The summed E-state index contributed by atoms with van der Waals surface area (Å²) in [5.41, 5.74) is 2.13. The van der Waals surface area contributed by atoms with Crippen LogP contribution in [0, 0.1) is 11.6 Å². The van der Waals surface area contributed by atoms with E-state index in [2.05, 4.69) is 20.4 Å². The summed E-state index contributed by atoms with van der Waals surface area (Å²) in [6.45, 7) is 0.774. The first kappa shape index (κ1) is 24.8. The van der Waals surface area contributed by atoms with Crippen LogP contribution in [0.3, 0.4) is 0 Å². The van der Waals surface area contributed by atoms with Crippen molar-refractivity contribution in [2.75, 3.05) is 26.0 Å². The van der Waals surface area contributed by atoms with E-state index in [1.165, 1.54) is 29.2 Å². The predicted octanol–water partition coefficient (Wildman–Crippen LogP) is 3.58. The molecule has 0 spiro atoms. The number of anilines is 1. The number of carbonyl (C=O) groups is 1. The fourth-order valence-corrected chi connectivity index (χ4v) is 3.49. The SMILES string of the molecule is CN(C)CCC(=O)Nc1cnc(-c2cccc(Cn3nc(-c4cc(F)cc(F)c4)ccc3=O)c2)nc1. The Morgan fingerprint density at radius 1 is 0.972 bits per heavy atom. The van der Waals surface area contributed by atoms with Crippen LogP contribution in [-0.4, -0.2) is 51.2 Å². The minimum Gasteiger partial charge on any atom is -0.323 e. The molecular formula is C26H24F2N6O2. The lowest BCUT2D eigenvalue weighted by Gasteiger charge is -2.10. The number of aromatic nitrogens is 4. The summed E-state index contributed by atoms with van der Waals surface area (Å²) in [6, 6.07) is 13.1. The summed E-state index contributed by atoms with van der Waals surface area (Å²) in [5.74, 6) is -1.12. The highest BCUT2D eigenvalue weighted by molar-refractivity contribution is 5.90. The Morgan fingerprint density at radius 2 is 1.69 bits per heavy atom. The van der Waals surface area contributed by atoms with Crippen molar-refractivity contribution >= 4 is 11.6 Å². The Morgan fingerprint density at radius 3 is 2.39 bits per heavy atom. The monoisotopic (exact) mass is 490 g/mol. The molecule has 0 bridgehead atoms. The molecule has 0 saturated carbocycles. The summed E-state index contributed by atoms with van der Waals surface area (Å²) in [7, 11) is 3.79. The summed E-state index contributed by atoms with van der Waals surface area (Å²) >= 11 is 0. The zero-order valence-electron chi connectivity index (χ0n) is 19.8. The van der Waals surface area contributed by atoms with Gasteiger partial charge in [0.2, 0.25) is 5.91 Å². The zero-order chi connectivity index (χ0) is 25.7. The van der Waals surface area contributed by atoms with Gasteiger partial charge in [-0.05, 0) is 43.9 Å². The molecule has 1 N–H and O–H groups in total. The average Bonchev–Trinajstić information content (AvgIpc) is 2.84. The van der Waals surface area contributed by atoms with Crippen molar-refractivity contribution in [3.05, 3.63) is 94.5 Å². The Balaban J connectivity index is 1.51. The number of rotatable bonds is 8. The molecule has 0 fully saturated rings. The molecule has 0 aliphatic rings. The second-order valence-electron chi connectivity index (χ2n) is 8.47. The van der Waals surface area contributed by atoms with E-state index in [0.717, 1.165) is 29.3 Å². The Hall–Kier alpha value is -4.31. The van der Waals surface area contributed by atoms with Crippen molar-refractivity contribution in [2.24, 2.45) is 0 Å². The molecule has 0 aliphatic heterocycles. The number of nitrogens with zero attached hydrogens (tertiary/aromatic N) is 5. The molecule has 2 heterocycles. The van der Waals surface area contributed by atoms with Gasteiger partial charge in [-0.25, -0.2) is 23.4 Å². The van der Waals surface area contributed by atoms with Gasteiger partial charge in [-0.2, -0.15) is 5.10 Å². The first-order chi connectivity index (χ1) is 17.3. The molecule has 0 radical (unpaired) electrons. The summed E-state index contributed by atoms with van der Waals surface area (Å²) in [6.07, 6.45) is 3.44. The quantitative estimate of drug-likeness (QED) is 0.406. The summed E-state index contributed by atoms with van der Waals surface area (Å²) in [4.78, 5) is 35.0. The van der Waals surface area contributed by atoms with Gasteiger partial charge in [0.1, 0.15) is 11.6 Å². The van der Waals surface area contributed by atoms with Crippen molar-refractivity contribution in [1.29, 1.82) is 0 Å². The molecule has 2 aromatic heterocycles. The van der Waals surface area contributed by atoms with E-state index in [1.807, 2.05) is 43.3 Å². The van der Waals surface area contributed by atoms with Crippen molar-refractivity contribution in [3.63, 3.8) is 0 Å². The molecule has 4 aromatic rings. The summed E-state index contributed by atoms with van der Waals surface area (Å²) < 4.78 is 28.5. The van der Waals surface area contributed by atoms with Crippen LogP contribution < -0.4 is 10.9 Å². The van der Waals surface area contributed by atoms with E-state index in [4.69, 9.17) is 0 Å². The zero-order valence-corrected chi connectivity index (χ0v) is 19.8. The number of hydrogen-bond acceptors (Lipinski definition) is 6. The minimum atomic E-state index is -0.726. The van der Waals surface area contributed by atoms with Gasteiger partial charge in [0.15, 0.2) is 5.82 Å². The standard InChI is InChI=1S/C26H24F2N6O2/c1-33(2)9-8-24(35)31-22-14-29-26(30-15-22)18-5-3-4-17(10-18)16-34-25(36)7-6-23(32-34)19-11-20(27)13-21(28)12-19/h3-7,10-15H,8-9,16H2,1-2H3,(H,31,35). The van der Waals surface area contributed by atoms with Gasteiger partial charge in [0.05, 0.1) is 30.3 Å². The van der Waals surface area contributed by atoms with E-state index in [-0.39, 0.29) is 29.3 Å². The van der Waals surface area contributed by atoms with Gasteiger partial charge in [0, 0.05) is 36.2 Å². The fraction of sp³-hybridized carbons (Fsp3) is 0.192. The predicted molar refractivity (Wildman–Crippen MR) is 132 cm³/mol. The van der Waals surface area contributed by atoms with E-state index < -0.39 is 11.6 Å². The maximum atomic E-state index is 13.6. The molecule has 2 aromatic carbocycles. The van der Waals surface area contributed by atoms with Gasteiger partial charge in [0.25, 0.3) is 5.56 Å². The molecule has 4 rings (SSSR count). The highest BCUT2D eigenvalue weighted by Crippen LogP contribution is 2.20. The van der Waals surface area contributed by atoms with Crippen LogP contribution in [0.15, 0.2) is 71.8 Å². The second-order valence-corrected chi connectivity index (χ2v) is 8.47. The topological polar surface area (TPSA) is 93.0 Å². The highest BCUT2D eigenvalue weighted by Gasteiger charge is 2.10. The van der Waals surface area contributed by atoms with E-state index >= 15 is 0 Å². The van der Waals surface area contributed by atoms with Crippen molar-refractivity contribution in [1.82, 2.24) is 24.6 Å². The van der Waals surface area contributed by atoms with Crippen LogP contribution in [0.25, 0.3) is 22.6 Å². The number of nitrogens with one attached hydrogen (secondary N) is 1. The lowest BCUT2D eigenvalue weighted by Crippen LogP contribution is -2.22. The van der Waals surface area contributed by atoms with Crippen molar-refractivity contribution in [2.45, 2.75) is 13.0 Å². The number of hydrogen-bond donors (Lipinski definition) is 1. The van der Waals surface area contributed by atoms with Crippen LogP contribution in [0.4, 0.5) is 14.5 Å². The Labute approximate surface area is 206 Å². The number of halogens is 2. The minimum absolute atomic E-state index is 0.122. The third-order valence-electron chi connectivity index (χ3n) is 5.26.